The van der Waals surface area contributed by atoms with Gasteiger partial charge in [0.1, 0.15) is 0 Å². The van der Waals surface area contributed by atoms with E-state index >= 15 is 0 Å². The number of carboxylic acids is 1. The Morgan fingerprint density at radius 3 is 2.75 bits per heavy atom. The van der Waals surface area contributed by atoms with Crippen molar-refractivity contribution in [1.82, 2.24) is 0 Å². The summed E-state index contributed by atoms with van der Waals surface area (Å²) in [7, 11) is 0. The van der Waals surface area contributed by atoms with Gasteiger partial charge in [0, 0.05) is 16.7 Å². The first-order valence-electron chi connectivity index (χ1n) is 6.33. The molecule has 0 radical (unpaired) electrons. The second-order valence-electron chi connectivity index (χ2n) is 4.48. The molecule has 0 amide bonds. The summed E-state index contributed by atoms with van der Waals surface area (Å²) in [6, 6.07) is 16.2. The van der Waals surface area contributed by atoms with Crippen LogP contribution in [0.2, 0.25) is 0 Å². The van der Waals surface area contributed by atoms with E-state index in [0.29, 0.717) is 0 Å². The van der Waals surface area contributed by atoms with Gasteiger partial charge in [0.05, 0.1) is 0 Å². The Labute approximate surface area is 123 Å². The van der Waals surface area contributed by atoms with Crippen LogP contribution in [0.1, 0.15) is 16.7 Å². The van der Waals surface area contributed by atoms with Crippen LogP contribution in [0.4, 0.5) is 0 Å². The number of aryl methyl sites for hydroxylation is 1. The molecule has 0 bridgehead atoms. The molecule has 0 saturated heterocycles. The number of hydrogen-bond acceptors (Lipinski definition) is 2. The maximum atomic E-state index is 10.6. The third-order valence-corrected chi connectivity index (χ3v) is 3.89. The number of benzene rings is 2. The quantitative estimate of drug-likeness (QED) is 0.653. The summed E-state index contributed by atoms with van der Waals surface area (Å²) in [4.78, 5) is 11.8. The molecule has 0 unspecified atom stereocenters. The van der Waals surface area contributed by atoms with Gasteiger partial charge in [0.15, 0.2) is 0 Å². The molecule has 0 saturated carbocycles. The zero-order valence-corrected chi connectivity index (χ0v) is 12.1. The maximum absolute atomic E-state index is 10.6. The van der Waals surface area contributed by atoms with E-state index in [9.17, 15) is 4.79 Å². The molecule has 0 aliphatic heterocycles. The van der Waals surface area contributed by atoms with Gasteiger partial charge in [-0.15, -0.1) is 11.8 Å². The minimum atomic E-state index is -0.925. The van der Waals surface area contributed by atoms with Gasteiger partial charge in [-0.05, 0) is 36.3 Å². The molecule has 20 heavy (non-hydrogen) atoms. The van der Waals surface area contributed by atoms with Gasteiger partial charge < -0.3 is 5.11 Å². The lowest BCUT2D eigenvalue weighted by atomic mass is 10.1. The zero-order chi connectivity index (χ0) is 14.4. The topological polar surface area (TPSA) is 37.3 Å². The van der Waals surface area contributed by atoms with Crippen LogP contribution in [0, 0.1) is 6.92 Å². The molecule has 0 aliphatic rings. The van der Waals surface area contributed by atoms with Crippen molar-refractivity contribution in [1.29, 1.82) is 0 Å². The molecule has 0 heterocycles. The average Bonchev–Trinajstić information content (AvgIpc) is 2.44. The average molecular weight is 284 g/mol. The van der Waals surface area contributed by atoms with Gasteiger partial charge in [-0.25, -0.2) is 4.79 Å². The van der Waals surface area contributed by atoms with Crippen LogP contribution in [0.15, 0.2) is 59.5 Å². The van der Waals surface area contributed by atoms with E-state index in [1.54, 1.807) is 17.8 Å². The van der Waals surface area contributed by atoms with Gasteiger partial charge in [-0.1, -0.05) is 42.0 Å². The standard InChI is InChI=1S/C17H16O2S/c1-13-5-4-8-16(11-13)20-12-15-7-3-2-6-14(15)9-10-17(18)19/h2-11H,12H2,1H3,(H,18,19). The van der Waals surface area contributed by atoms with Gasteiger partial charge in [-0.2, -0.15) is 0 Å². The number of carboxylic acid groups (broad SMARTS) is 1. The Hall–Kier alpha value is -2.00. The fourth-order valence-electron chi connectivity index (χ4n) is 1.86. The molecular formula is C17H16O2S. The number of carbonyl (C=O) groups is 1. The molecule has 2 nitrogen and oxygen atoms in total. The van der Waals surface area contributed by atoms with Gasteiger partial charge >= 0.3 is 5.97 Å². The Kier molecular flexibility index (Phi) is 5.02. The summed E-state index contributed by atoms with van der Waals surface area (Å²) >= 11 is 1.75. The smallest absolute Gasteiger partial charge is 0.328 e. The monoisotopic (exact) mass is 284 g/mol. The maximum Gasteiger partial charge on any atom is 0.328 e. The Balaban J connectivity index is 2.11. The number of thioether (sulfide) groups is 1. The molecule has 2 aromatic rings. The Morgan fingerprint density at radius 1 is 1.20 bits per heavy atom. The molecule has 3 heteroatoms. The highest BCUT2D eigenvalue weighted by Crippen LogP contribution is 2.25. The van der Waals surface area contributed by atoms with Crippen LogP contribution in [0.25, 0.3) is 6.08 Å². The van der Waals surface area contributed by atoms with Crippen molar-refractivity contribution in [3.63, 3.8) is 0 Å². The molecular weight excluding hydrogens is 268 g/mol. The largest absolute Gasteiger partial charge is 0.478 e. The molecule has 2 rings (SSSR count). The lowest BCUT2D eigenvalue weighted by Crippen LogP contribution is -1.89. The second kappa shape index (κ2) is 6.96. The molecule has 0 atom stereocenters. The fourth-order valence-corrected chi connectivity index (χ4v) is 2.88. The van der Waals surface area contributed by atoms with Gasteiger partial charge in [0.25, 0.3) is 0 Å². The molecule has 0 aliphatic carbocycles. The predicted molar refractivity (Wildman–Crippen MR) is 83.9 cm³/mol. The van der Waals surface area contributed by atoms with Crippen LogP contribution >= 0.6 is 11.8 Å². The Morgan fingerprint density at radius 2 is 2.00 bits per heavy atom. The van der Waals surface area contributed by atoms with Crippen molar-refractivity contribution in [2.24, 2.45) is 0 Å². The zero-order valence-electron chi connectivity index (χ0n) is 11.2. The van der Waals surface area contributed by atoms with Crippen molar-refractivity contribution in [3.05, 3.63) is 71.3 Å². The van der Waals surface area contributed by atoms with Crippen LogP contribution in [0.3, 0.4) is 0 Å². The highest BCUT2D eigenvalue weighted by molar-refractivity contribution is 7.98. The lowest BCUT2D eigenvalue weighted by molar-refractivity contribution is -0.131. The highest BCUT2D eigenvalue weighted by Gasteiger charge is 2.01. The molecule has 0 spiro atoms. The van der Waals surface area contributed by atoms with E-state index in [-0.39, 0.29) is 0 Å². The molecule has 1 N–H and O–H groups in total. The van der Waals surface area contributed by atoms with E-state index in [0.717, 1.165) is 16.9 Å². The van der Waals surface area contributed by atoms with Crippen molar-refractivity contribution in [2.75, 3.05) is 0 Å². The van der Waals surface area contributed by atoms with Crippen molar-refractivity contribution >= 4 is 23.8 Å². The summed E-state index contributed by atoms with van der Waals surface area (Å²) in [5.41, 5.74) is 3.33. The third kappa shape index (κ3) is 4.28. The second-order valence-corrected chi connectivity index (χ2v) is 5.52. The molecule has 0 fully saturated rings. The Bertz CT molecular complexity index is 632. The molecule has 0 aromatic heterocycles. The number of hydrogen-bond donors (Lipinski definition) is 1. The van der Waals surface area contributed by atoms with Crippen LogP contribution in [-0.2, 0) is 10.5 Å². The normalized spacial score (nSPS) is 10.8. The van der Waals surface area contributed by atoms with Crippen LogP contribution in [-0.4, -0.2) is 11.1 Å². The SMILES string of the molecule is Cc1cccc(SCc2ccccc2C=CC(=O)O)c1. The fraction of sp³-hybridized carbons (Fsp3) is 0.118. The third-order valence-electron chi connectivity index (χ3n) is 2.84. The van der Waals surface area contributed by atoms with Gasteiger partial charge in [-0.3, -0.25) is 0 Å². The van der Waals surface area contributed by atoms with E-state index in [1.165, 1.54) is 16.5 Å². The van der Waals surface area contributed by atoms with Crippen LogP contribution < -0.4 is 0 Å². The van der Waals surface area contributed by atoms with Gasteiger partial charge in [0.2, 0.25) is 0 Å². The highest BCUT2D eigenvalue weighted by atomic mass is 32.2. The van der Waals surface area contributed by atoms with Crippen LogP contribution in [0.5, 0.6) is 0 Å². The molecule has 102 valence electrons. The number of aliphatic carboxylic acids is 1. The first-order chi connectivity index (χ1) is 9.65. The first-order valence-corrected chi connectivity index (χ1v) is 7.32. The first kappa shape index (κ1) is 14.4. The minimum absolute atomic E-state index is 0.823. The van der Waals surface area contributed by atoms with Crippen molar-refractivity contribution in [3.8, 4) is 0 Å². The van der Waals surface area contributed by atoms with Crippen molar-refractivity contribution in [2.45, 2.75) is 17.6 Å². The van der Waals surface area contributed by atoms with Crippen molar-refractivity contribution < 1.29 is 9.90 Å². The summed E-state index contributed by atoms with van der Waals surface area (Å²) in [5.74, 6) is -0.102. The van der Waals surface area contributed by atoms with E-state index < -0.39 is 5.97 Å². The van der Waals surface area contributed by atoms with E-state index in [4.69, 9.17) is 5.11 Å². The summed E-state index contributed by atoms with van der Waals surface area (Å²) in [5, 5.41) is 8.71. The molecule has 2 aromatic carbocycles. The number of rotatable bonds is 5. The summed E-state index contributed by atoms with van der Waals surface area (Å²) in [6.07, 6.45) is 2.82. The lowest BCUT2D eigenvalue weighted by Gasteiger charge is -2.06. The summed E-state index contributed by atoms with van der Waals surface area (Å²) in [6.45, 7) is 2.08. The summed E-state index contributed by atoms with van der Waals surface area (Å²) < 4.78 is 0. The van der Waals surface area contributed by atoms with E-state index in [2.05, 4.69) is 25.1 Å². The minimum Gasteiger partial charge on any atom is -0.478 e. The van der Waals surface area contributed by atoms with E-state index in [1.807, 2.05) is 30.3 Å². The predicted octanol–water partition coefficient (Wildman–Crippen LogP) is 4.39.